The highest BCUT2D eigenvalue weighted by Crippen LogP contribution is 2.39. The lowest BCUT2D eigenvalue weighted by atomic mass is 10.0. The first-order valence-corrected chi connectivity index (χ1v) is 8.64. The lowest BCUT2D eigenvalue weighted by Gasteiger charge is -2.08. The van der Waals surface area contributed by atoms with Gasteiger partial charge in [-0.05, 0) is 44.7 Å². The molecule has 0 aliphatic carbocycles. The molecule has 2 aromatic rings. The normalized spacial score (nSPS) is 13.1. The SMILES string of the molecule is CCCCCCC(Cl)c1csc2c(Br)cccc12. The van der Waals surface area contributed by atoms with Gasteiger partial charge in [-0.2, -0.15) is 0 Å². The van der Waals surface area contributed by atoms with E-state index in [2.05, 4.69) is 46.4 Å². The molecule has 0 nitrogen and oxygen atoms in total. The molecule has 0 bridgehead atoms. The monoisotopic (exact) mass is 344 g/mol. The molecule has 0 aliphatic heterocycles. The summed E-state index contributed by atoms with van der Waals surface area (Å²) in [6.45, 7) is 2.24. The highest BCUT2D eigenvalue weighted by Gasteiger charge is 2.14. The lowest BCUT2D eigenvalue weighted by molar-refractivity contribution is 0.625. The van der Waals surface area contributed by atoms with E-state index in [1.807, 2.05) is 0 Å². The zero-order valence-electron chi connectivity index (χ0n) is 10.6. The highest BCUT2D eigenvalue weighted by atomic mass is 79.9. The Labute approximate surface area is 126 Å². The second-order valence-corrected chi connectivity index (χ2v) is 6.89. The van der Waals surface area contributed by atoms with Gasteiger partial charge in [-0.1, -0.05) is 44.7 Å². The van der Waals surface area contributed by atoms with Crippen molar-refractivity contribution < 1.29 is 0 Å². The Bertz CT molecular complexity index is 506. The van der Waals surface area contributed by atoms with E-state index in [0.29, 0.717) is 0 Å². The summed E-state index contributed by atoms with van der Waals surface area (Å²) in [4.78, 5) is 0. The van der Waals surface area contributed by atoms with E-state index in [9.17, 15) is 0 Å². The average molecular weight is 346 g/mol. The molecule has 0 amide bonds. The number of unbranched alkanes of at least 4 members (excludes halogenated alkanes) is 3. The van der Waals surface area contributed by atoms with Crippen molar-refractivity contribution in [2.24, 2.45) is 0 Å². The molecule has 1 heterocycles. The van der Waals surface area contributed by atoms with E-state index in [4.69, 9.17) is 11.6 Å². The third kappa shape index (κ3) is 3.28. The van der Waals surface area contributed by atoms with Crippen LogP contribution in [-0.4, -0.2) is 0 Å². The smallest absolute Gasteiger partial charge is 0.0599 e. The summed E-state index contributed by atoms with van der Waals surface area (Å²) in [6.07, 6.45) is 6.21. The molecule has 0 radical (unpaired) electrons. The Kier molecular flexibility index (Phi) is 5.53. The predicted octanol–water partition coefficient (Wildman–Crippen LogP) is 6.91. The molecule has 3 heteroatoms. The number of fused-ring (bicyclic) bond motifs is 1. The van der Waals surface area contributed by atoms with Crippen molar-refractivity contribution >= 4 is 49.0 Å². The number of benzene rings is 1. The van der Waals surface area contributed by atoms with E-state index in [1.165, 1.54) is 45.8 Å². The predicted molar refractivity (Wildman–Crippen MR) is 86.9 cm³/mol. The van der Waals surface area contributed by atoms with Gasteiger partial charge in [0.2, 0.25) is 0 Å². The summed E-state index contributed by atoms with van der Waals surface area (Å²) in [6, 6.07) is 6.35. The molecule has 0 saturated heterocycles. The van der Waals surface area contributed by atoms with Crippen LogP contribution in [0.25, 0.3) is 10.1 Å². The van der Waals surface area contributed by atoms with Gasteiger partial charge in [-0.25, -0.2) is 0 Å². The minimum Gasteiger partial charge on any atom is -0.142 e. The second kappa shape index (κ2) is 6.93. The molecule has 0 spiro atoms. The van der Waals surface area contributed by atoms with Gasteiger partial charge in [0.05, 0.1) is 5.38 Å². The largest absolute Gasteiger partial charge is 0.142 e. The van der Waals surface area contributed by atoms with Crippen LogP contribution in [0.4, 0.5) is 0 Å². The Morgan fingerprint density at radius 2 is 2.11 bits per heavy atom. The maximum Gasteiger partial charge on any atom is 0.0599 e. The molecule has 18 heavy (non-hydrogen) atoms. The molecule has 1 aromatic heterocycles. The minimum absolute atomic E-state index is 0.157. The molecule has 98 valence electrons. The first kappa shape index (κ1) is 14.4. The summed E-state index contributed by atoms with van der Waals surface area (Å²) in [5.74, 6) is 0. The Morgan fingerprint density at radius 1 is 1.28 bits per heavy atom. The van der Waals surface area contributed by atoms with Gasteiger partial charge < -0.3 is 0 Å². The minimum atomic E-state index is 0.157. The lowest BCUT2D eigenvalue weighted by Crippen LogP contribution is -1.89. The fourth-order valence-electron chi connectivity index (χ4n) is 2.19. The van der Waals surface area contributed by atoms with Crippen LogP contribution in [-0.2, 0) is 0 Å². The molecular weight excluding hydrogens is 328 g/mol. The van der Waals surface area contributed by atoms with Crippen molar-refractivity contribution in [2.45, 2.75) is 44.4 Å². The Morgan fingerprint density at radius 3 is 2.89 bits per heavy atom. The summed E-state index contributed by atoms with van der Waals surface area (Å²) >= 11 is 11.9. The van der Waals surface area contributed by atoms with Crippen molar-refractivity contribution in [3.8, 4) is 0 Å². The molecule has 2 rings (SSSR count). The van der Waals surface area contributed by atoms with Crippen LogP contribution in [0.3, 0.4) is 0 Å². The first-order chi connectivity index (χ1) is 8.74. The van der Waals surface area contributed by atoms with Crippen molar-refractivity contribution in [1.82, 2.24) is 0 Å². The third-order valence-corrected chi connectivity index (χ3v) is 5.65. The second-order valence-electron chi connectivity index (χ2n) is 4.62. The number of rotatable bonds is 6. The van der Waals surface area contributed by atoms with Crippen LogP contribution < -0.4 is 0 Å². The highest BCUT2D eigenvalue weighted by molar-refractivity contribution is 9.10. The van der Waals surface area contributed by atoms with E-state index < -0.39 is 0 Å². The van der Waals surface area contributed by atoms with Gasteiger partial charge in [0.1, 0.15) is 0 Å². The summed E-state index contributed by atoms with van der Waals surface area (Å²) < 4.78 is 2.48. The van der Waals surface area contributed by atoms with Gasteiger partial charge in [0.15, 0.2) is 0 Å². The van der Waals surface area contributed by atoms with E-state index >= 15 is 0 Å². The number of hydrogen-bond donors (Lipinski definition) is 0. The maximum atomic E-state index is 6.55. The van der Waals surface area contributed by atoms with Gasteiger partial charge in [0, 0.05) is 9.17 Å². The topological polar surface area (TPSA) is 0 Å². The van der Waals surface area contributed by atoms with Gasteiger partial charge in [-0.15, -0.1) is 22.9 Å². The zero-order chi connectivity index (χ0) is 13.0. The zero-order valence-corrected chi connectivity index (χ0v) is 13.7. The van der Waals surface area contributed by atoms with Gasteiger partial charge in [-0.3, -0.25) is 0 Å². The third-order valence-electron chi connectivity index (χ3n) is 3.23. The van der Waals surface area contributed by atoms with Crippen molar-refractivity contribution in [3.63, 3.8) is 0 Å². The van der Waals surface area contributed by atoms with E-state index in [0.717, 1.165) is 6.42 Å². The van der Waals surface area contributed by atoms with Crippen LogP contribution in [0.15, 0.2) is 28.1 Å². The van der Waals surface area contributed by atoms with Crippen LogP contribution in [0, 0.1) is 0 Å². The fraction of sp³-hybridized carbons (Fsp3) is 0.467. The van der Waals surface area contributed by atoms with Crippen LogP contribution in [0.2, 0.25) is 0 Å². The molecule has 0 fully saturated rings. The van der Waals surface area contributed by atoms with Crippen molar-refractivity contribution in [3.05, 3.63) is 33.6 Å². The molecule has 0 saturated carbocycles. The first-order valence-electron chi connectivity index (χ1n) is 6.53. The summed E-state index contributed by atoms with van der Waals surface area (Å²) in [5, 5.41) is 3.68. The quantitative estimate of drug-likeness (QED) is 0.394. The van der Waals surface area contributed by atoms with Crippen molar-refractivity contribution in [1.29, 1.82) is 0 Å². The molecule has 1 aromatic carbocycles. The summed E-state index contributed by atoms with van der Waals surface area (Å²) in [5.41, 5.74) is 1.30. The molecule has 1 unspecified atom stereocenters. The molecule has 0 N–H and O–H groups in total. The fourth-order valence-corrected chi connectivity index (χ4v) is 4.28. The Hall–Kier alpha value is -0.0500. The standard InChI is InChI=1S/C15H18BrClS/c1-2-3-4-5-9-14(17)12-10-18-15-11(12)7-6-8-13(15)16/h6-8,10,14H,2-5,9H2,1H3. The molecule has 0 aliphatic rings. The number of halogens is 2. The number of hydrogen-bond acceptors (Lipinski definition) is 1. The van der Waals surface area contributed by atoms with Crippen LogP contribution in [0.5, 0.6) is 0 Å². The van der Waals surface area contributed by atoms with E-state index in [1.54, 1.807) is 11.3 Å². The van der Waals surface area contributed by atoms with Crippen molar-refractivity contribution in [2.75, 3.05) is 0 Å². The molecular formula is C15H18BrClS. The number of thiophene rings is 1. The van der Waals surface area contributed by atoms with Crippen LogP contribution in [0.1, 0.15) is 50.0 Å². The number of alkyl halides is 1. The average Bonchev–Trinajstić information content (AvgIpc) is 2.80. The maximum absolute atomic E-state index is 6.55. The van der Waals surface area contributed by atoms with Crippen LogP contribution >= 0.6 is 38.9 Å². The Balaban J connectivity index is 2.08. The summed E-state index contributed by atoms with van der Waals surface area (Å²) in [7, 11) is 0. The van der Waals surface area contributed by atoms with Gasteiger partial charge >= 0.3 is 0 Å². The van der Waals surface area contributed by atoms with Gasteiger partial charge in [0.25, 0.3) is 0 Å². The molecule has 1 atom stereocenters. The van der Waals surface area contributed by atoms with E-state index in [-0.39, 0.29) is 5.38 Å².